The minimum atomic E-state index is 0. The zero-order valence-corrected chi connectivity index (χ0v) is 12.8. The maximum absolute atomic E-state index is 3.25. The molecule has 2 heteroatoms. The molecule has 0 aliphatic heterocycles. The first-order valence-electron chi connectivity index (χ1n) is 5.03. The molecule has 85 valence electrons. The molecule has 0 nitrogen and oxygen atoms in total. The van der Waals surface area contributed by atoms with Crippen molar-refractivity contribution in [2.75, 3.05) is 0 Å². The SMILES string of the molecule is [CH2-]C.[Eu].c1ccc(Pc2ccccc2)cc1. The Bertz CT molecular complexity index is 322. The molecule has 0 atom stereocenters. The molecule has 0 spiro atoms. The second-order valence-electron chi connectivity index (χ2n) is 2.86. The second-order valence-corrected chi connectivity index (χ2v) is 4.26. The molecule has 0 fully saturated rings. The topological polar surface area (TPSA) is 0 Å². The van der Waals surface area contributed by atoms with E-state index in [9.17, 15) is 0 Å². The van der Waals surface area contributed by atoms with Gasteiger partial charge in [-0.2, -0.15) is 6.92 Å². The first kappa shape index (κ1) is 16.5. The number of benzene rings is 2. The van der Waals surface area contributed by atoms with Gasteiger partial charge in [-0.1, -0.05) is 69.2 Å². The first-order valence-corrected chi connectivity index (χ1v) is 6.03. The molecule has 2 aromatic carbocycles. The van der Waals surface area contributed by atoms with Crippen molar-refractivity contribution in [1.29, 1.82) is 0 Å². The van der Waals surface area contributed by atoms with Crippen molar-refractivity contribution >= 4 is 19.2 Å². The minimum absolute atomic E-state index is 0. The summed E-state index contributed by atoms with van der Waals surface area (Å²) in [5.74, 6) is 0. The van der Waals surface area contributed by atoms with Gasteiger partial charge in [0.25, 0.3) is 0 Å². The van der Waals surface area contributed by atoms with Gasteiger partial charge in [-0.25, -0.2) is 0 Å². The Labute approximate surface area is 141 Å². The quantitative estimate of drug-likeness (QED) is 0.565. The Morgan fingerprint density at radius 1 is 0.688 bits per heavy atom. The van der Waals surface area contributed by atoms with Crippen molar-refractivity contribution in [1.82, 2.24) is 0 Å². The molecule has 16 heavy (non-hydrogen) atoms. The van der Waals surface area contributed by atoms with Gasteiger partial charge in [0.2, 0.25) is 0 Å². The third-order valence-corrected chi connectivity index (χ3v) is 3.08. The molecule has 0 N–H and O–H groups in total. The van der Waals surface area contributed by atoms with Crippen LogP contribution in [0.25, 0.3) is 0 Å². The molecule has 0 unspecified atom stereocenters. The van der Waals surface area contributed by atoms with Gasteiger partial charge >= 0.3 is 0 Å². The largest absolute Gasteiger partial charge is 0.346 e. The van der Waals surface area contributed by atoms with Crippen molar-refractivity contribution in [2.45, 2.75) is 6.92 Å². The van der Waals surface area contributed by atoms with E-state index in [0.29, 0.717) is 0 Å². The fraction of sp³-hybridized carbons (Fsp3) is 0.0714. The third-order valence-electron chi connectivity index (χ3n) is 1.84. The molecule has 0 heterocycles. The molecule has 0 aliphatic carbocycles. The van der Waals surface area contributed by atoms with Gasteiger partial charge in [0.1, 0.15) is 0 Å². The smallest absolute Gasteiger partial charge is 0 e. The summed E-state index contributed by atoms with van der Waals surface area (Å²) < 4.78 is 0. The van der Waals surface area contributed by atoms with Crippen LogP contribution in [0.2, 0.25) is 0 Å². The Hall–Kier alpha value is 0.454. The van der Waals surface area contributed by atoms with E-state index in [-0.39, 0.29) is 49.4 Å². The summed E-state index contributed by atoms with van der Waals surface area (Å²) in [7, 11) is 0.777. The number of hydrogen-bond acceptors (Lipinski definition) is 0. The van der Waals surface area contributed by atoms with Crippen LogP contribution in [-0.4, -0.2) is 0 Å². The second kappa shape index (κ2) is 10.6. The fourth-order valence-electron chi connectivity index (χ4n) is 1.21. The number of hydrogen-bond donors (Lipinski definition) is 0. The summed E-state index contributed by atoms with van der Waals surface area (Å²) in [6, 6.07) is 21.2. The molecule has 2 aromatic rings. The van der Waals surface area contributed by atoms with Crippen LogP contribution in [0.1, 0.15) is 6.92 Å². The van der Waals surface area contributed by atoms with E-state index in [4.69, 9.17) is 0 Å². The minimum Gasteiger partial charge on any atom is -0.346 e. The normalized spacial score (nSPS) is 8.38. The van der Waals surface area contributed by atoms with E-state index < -0.39 is 0 Å². The van der Waals surface area contributed by atoms with Crippen molar-refractivity contribution in [2.24, 2.45) is 0 Å². The standard InChI is InChI=1S/C12H11P.C2H5.Eu/c1-3-7-11(8-4-1)13-12-9-5-2-6-10-12;1-2;/h1-10,13H;1H2,2H3;/q;-1;. The van der Waals surface area contributed by atoms with Crippen LogP contribution in [0.4, 0.5) is 0 Å². The van der Waals surface area contributed by atoms with Gasteiger partial charge in [0, 0.05) is 49.4 Å². The summed E-state index contributed by atoms with van der Waals surface area (Å²) in [4.78, 5) is 0. The molecular weight excluding hydrogens is 351 g/mol. The average Bonchev–Trinajstić information content (AvgIpc) is 2.34. The van der Waals surface area contributed by atoms with Gasteiger partial charge < -0.3 is 6.92 Å². The summed E-state index contributed by atoms with van der Waals surface area (Å²) in [6.45, 7) is 5.00. The monoisotopic (exact) mass is 368 g/mol. The molecule has 0 amide bonds. The van der Waals surface area contributed by atoms with E-state index in [1.165, 1.54) is 10.6 Å². The summed E-state index contributed by atoms with van der Waals surface area (Å²) in [5.41, 5.74) is 0. The van der Waals surface area contributed by atoms with Crippen LogP contribution in [0.3, 0.4) is 0 Å². The van der Waals surface area contributed by atoms with Gasteiger partial charge in [0.05, 0.1) is 0 Å². The van der Waals surface area contributed by atoms with Crippen molar-refractivity contribution in [3.63, 3.8) is 0 Å². The summed E-state index contributed by atoms with van der Waals surface area (Å²) in [6.07, 6.45) is 0. The Morgan fingerprint density at radius 2 is 1.00 bits per heavy atom. The van der Waals surface area contributed by atoms with E-state index in [0.717, 1.165) is 8.58 Å². The van der Waals surface area contributed by atoms with E-state index in [2.05, 4.69) is 67.6 Å². The zero-order valence-electron chi connectivity index (χ0n) is 9.36. The van der Waals surface area contributed by atoms with Crippen molar-refractivity contribution < 1.29 is 49.4 Å². The third kappa shape index (κ3) is 6.25. The Balaban J connectivity index is 0.000000711. The predicted octanol–water partition coefficient (Wildman–Crippen LogP) is 3.16. The maximum Gasteiger partial charge on any atom is 0 e. The zero-order chi connectivity index (χ0) is 10.9. The molecule has 1 radical (unpaired) electrons. The first-order chi connectivity index (χ1) is 7.45. The molecular formula is C14H16EuP-. The molecule has 0 bridgehead atoms. The fourth-order valence-corrected chi connectivity index (χ4v) is 2.26. The van der Waals surface area contributed by atoms with Crippen molar-refractivity contribution in [3.05, 3.63) is 67.6 Å². The molecule has 2 rings (SSSR count). The molecule has 0 saturated heterocycles. The van der Waals surface area contributed by atoms with Crippen LogP contribution in [0.15, 0.2) is 60.7 Å². The van der Waals surface area contributed by atoms with E-state index in [1.807, 2.05) is 0 Å². The summed E-state index contributed by atoms with van der Waals surface area (Å²) in [5, 5.41) is 2.79. The maximum atomic E-state index is 3.25. The average molecular weight is 367 g/mol. The van der Waals surface area contributed by atoms with E-state index >= 15 is 0 Å². The van der Waals surface area contributed by atoms with Gasteiger partial charge in [-0.3, -0.25) is 0 Å². The van der Waals surface area contributed by atoms with Gasteiger partial charge in [-0.15, -0.1) is 0 Å². The van der Waals surface area contributed by atoms with Crippen LogP contribution >= 0.6 is 8.58 Å². The van der Waals surface area contributed by atoms with Crippen LogP contribution in [-0.2, 0) is 0 Å². The molecule has 0 saturated carbocycles. The molecule has 0 aromatic heterocycles. The Morgan fingerprint density at radius 3 is 1.31 bits per heavy atom. The van der Waals surface area contributed by atoms with Gasteiger partial charge in [0.15, 0.2) is 0 Å². The van der Waals surface area contributed by atoms with E-state index in [1.54, 1.807) is 6.92 Å². The van der Waals surface area contributed by atoms with Crippen molar-refractivity contribution in [3.8, 4) is 0 Å². The van der Waals surface area contributed by atoms with Gasteiger partial charge in [-0.05, 0) is 10.6 Å². The molecule has 0 aliphatic rings. The number of rotatable bonds is 2. The van der Waals surface area contributed by atoms with Crippen LogP contribution in [0, 0.1) is 56.3 Å². The Kier molecular flexibility index (Phi) is 10.9. The summed E-state index contributed by atoms with van der Waals surface area (Å²) >= 11 is 0. The predicted molar refractivity (Wildman–Crippen MR) is 71.5 cm³/mol. The van der Waals surface area contributed by atoms with Crippen LogP contribution < -0.4 is 10.6 Å². The van der Waals surface area contributed by atoms with Crippen LogP contribution in [0.5, 0.6) is 0 Å².